The molecular weight excluding hydrogens is 258 g/mol. The Hall–Kier alpha value is -1.69. The Morgan fingerprint density at radius 2 is 2.20 bits per heavy atom. The molecule has 1 N–H and O–H groups in total. The minimum Gasteiger partial charge on any atom is -0.469 e. The van der Waals surface area contributed by atoms with Crippen LogP contribution in [-0.2, 0) is 20.9 Å². The maximum atomic E-state index is 11.5. The highest BCUT2D eigenvalue weighted by Crippen LogP contribution is 2.28. The van der Waals surface area contributed by atoms with Gasteiger partial charge >= 0.3 is 5.97 Å². The average Bonchev–Trinajstić information content (AvgIpc) is 2.86. The Labute approximate surface area is 118 Å². The number of aromatic nitrogens is 2. The summed E-state index contributed by atoms with van der Waals surface area (Å²) in [6, 6.07) is 2.16. The summed E-state index contributed by atoms with van der Waals surface area (Å²) in [5, 5.41) is 3.37. The predicted molar refractivity (Wildman–Crippen MR) is 74.2 cm³/mol. The molecule has 1 aliphatic carbocycles. The van der Waals surface area contributed by atoms with E-state index in [9.17, 15) is 4.79 Å². The largest absolute Gasteiger partial charge is 0.469 e. The predicted octanol–water partition coefficient (Wildman–Crippen LogP) is 1.69. The van der Waals surface area contributed by atoms with Crippen LogP contribution in [0.5, 0.6) is 0 Å². The Morgan fingerprint density at radius 1 is 1.40 bits per heavy atom. The lowest BCUT2D eigenvalue weighted by atomic mass is 10.1. The Bertz CT molecular complexity index is 479. The number of methoxy groups -OCH3 is 2. The van der Waals surface area contributed by atoms with Crippen molar-refractivity contribution < 1.29 is 14.3 Å². The number of hydrogen-bond donors (Lipinski definition) is 1. The molecule has 20 heavy (non-hydrogen) atoms. The molecule has 1 fully saturated rings. The summed E-state index contributed by atoms with van der Waals surface area (Å²) in [5.41, 5.74) is 0.900. The molecule has 1 saturated carbocycles. The normalized spacial score (nSPS) is 21.8. The first kappa shape index (κ1) is 14.7. The van der Waals surface area contributed by atoms with Crippen LogP contribution in [0.15, 0.2) is 6.07 Å². The van der Waals surface area contributed by atoms with Gasteiger partial charge in [0.05, 0.1) is 13.0 Å². The Kier molecular flexibility index (Phi) is 4.89. The molecule has 0 bridgehead atoms. The number of nitrogens with zero attached hydrogens (tertiary/aromatic N) is 2. The molecule has 6 heteroatoms. The number of ether oxygens (including phenoxy) is 2. The van der Waals surface area contributed by atoms with Crippen molar-refractivity contribution in [3.63, 3.8) is 0 Å². The molecule has 0 saturated heterocycles. The summed E-state index contributed by atoms with van der Waals surface area (Å²) in [7, 11) is 3.06. The standard InChI is InChI=1S/C14H21N3O3/c1-9-6-12(17-13(15-9)8-19-2)16-11-5-4-10(7-11)14(18)20-3/h6,10-11H,4-5,7-8H2,1-3H3,(H,15,16,17)/t10-,11+/m0/s1. The van der Waals surface area contributed by atoms with E-state index in [1.165, 1.54) is 7.11 Å². The van der Waals surface area contributed by atoms with Crippen molar-refractivity contribution in [2.45, 2.75) is 38.8 Å². The van der Waals surface area contributed by atoms with Crippen molar-refractivity contribution in [1.82, 2.24) is 9.97 Å². The smallest absolute Gasteiger partial charge is 0.308 e. The van der Waals surface area contributed by atoms with Gasteiger partial charge in [0, 0.05) is 24.9 Å². The van der Waals surface area contributed by atoms with Crippen LogP contribution < -0.4 is 5.32 Å². The monoisotopic (exact) mass is 279 g/mol. The first-order valence-corrected chi connectivity index (χ1v) is 6.80. The van der Waals surface area contributed by atoms with E-state index in [4.69, 9.17) is 9.47 Å². The number of hydrogen-bond acceptors (Lipinski definition) is 6. The fraction of sp³-hybridized carbons (Fsp3) is 0.643. The van der Waals surface area contributed by atoms with Crippen LogP contribution in [0.25, 0.3) is 0 Å². The molecule has 1 heterocycles. The number of anilines is 1. The van der Waals surface area contributed by atoms with E-state index in [1.807, 2.05) is 13.0 Å². The van der Waals surface area contributed by atoms with E-state index in [1.54, 1.807) is 7.11 Å². The second-order valence-electron chi connectivity index (χ2n) is 5.12. The number of esters is 1. The summed E-state index contributed by atoms with van der Waals surface area (Å²) in [4.78, 5) is 20.2. The zero-order chi connectivity index (χ0) is 14.5. The van der Waals surface area contributed by atoms with E-state index < -0.39 is 0 Å². The van der Waals surface area contributed by atoms with Crippen molar-refractivity contribution in [2.24, 2.45) is 5.92 Å². The molecule has 6 nitrogen and oxygen atoms in total. The lowest BCUT2D eigenvalue weighted by Crippen LogP contribution is -2.20. The summed E-state index contributed by atoms with van der Waals surface area (Å²) in [5.74, 6) is 1.34. The van der Waals surface area contributed by atoms with Gasteiger partial charge in [-0.1, -0.05) is 0 Å². The molecule has 1 aromatic rings. The molecule has 0 aromatic carbocycles. The van der Waals surface area contributed by atoms with E-state index >= 15 is 0 Å². The van der Waals surface area contributed by atoms with Crippen molar-refractivity contribution in [2.75, 3.05) is 19.5 Å². The number of carbonyl (C=O) groups is 1. The van der Waals surface area contributed by atoms with Gasteiger partial charge in [-0.25, -0.2) is 9.97 Å². The van der Waals surface area contributed by atoms with Gasteiger partial charge in [0.25, 0.3) is 0 Å². The van der Waals surface area contributed by atoms with Gasteiger partial charge in [-0.15, -0.1) is 0 Å². The first-order chi connectivity index (χ1) is 9.62. The molecule has 2 rings (SSSR count). The van der Waals surface area contributed by atoms with Crippen LogP contribution in [0.1, 0.15) is 30.8 Å². The van der Waals surface area contributed by atoms with Gasteiger partial charge in [-0.3, -0.25) is 4.79 Å². The van der Waals surface area contributed by atoms with E-state index in [2.05, 4.69) is 15.3 Å². The fourth-order valence-electron chi connectivity index (χ4n) is 2.60. The fourth-order valence-corrected chi connectivity index (χ4v) is 2.60. The highest BCUT2D eigenvalue weighted by atomic mass is 16.5. The van der Waals surface area contributed by atoms with Gasteiger partial charge in [-0.2, -0.15) is 0 Å². The zero-order valence-corrected chi connectivity index (χ0v) is 12.2. The van der Waals surface area contributed by atoms with Crippen LogP contribution in [-0.4, -0.2) is 36.2 Å². The number of aryl methyl sites for hydroxylation is 1. The van der Waals surface area contributed by atoms with Gasteiger partial charge in [-0.05, 0) is 26.2 Å². The maximum Gasteiger partial charge on any atom is 0.308 e. The maximum absolute atomic E-state index is 11.5. The van der Waals surface area contributed by atoms with Crippen LogP contribution in [0.3, 0.4) is 0 Å². The minimum absolute atomic E-state index is 0.00104. The highest BCUT2D eigenvalue weighted by Gasteiger charge is 2.30. The molecule has 110 valence electrons. The molecule has 0 spiro atoms. The summed E-state index contributed by atoms with van der Waals surface area (Å²) in [6.07, 6.45) is 2.59. The summed E-state index contributed by atoms with van der Waals surface area (Å²) in [6.45, 7) is 2.32. The summed E-state index contributed by atoms with van der Waals surface area (Å²) < 4.78 is 9.85. The van der Waals surface area contributed by atoms with E-state index in [0.717, 1.165) is 30.8 Å². The Morgan fingerprint density at radius 3 is 2.90 bits per heavy atom. The van der Waals surface area contributed by atoms with Crippen molar-refractivity contribution >= 4 is 11.8 Å². The zero-order valence-electron chi connectivity index (χ0n) is 12.2. The Balaban J connectivity index is 1.98. The lowest BCUT2D eigenvalue weighted by molar-refractivity contribution is -0.145. The highest BCUT2D eigenvalue weighted by molar-refractivity contribution is 5.72. The molecule has 0 radical (unpaired) electrons. The van der Waals surface area contributed by atoms with Crippen LogP contribution in [0.2, 0.25) is 0 Å². The van der Waals surface area contributed by atoms with Crippen molar-refractivity contribution in [3.05, 3.63) is 17.6 Å². The SMILES string of the molecule is COCc1nc(C)cc(N[C@@H]2CC[C@H](C(=O)OC)C2)n1. The third kappa shape index (κ3) is 3.66. The molecule has 0 unspecified atom stereocenters. The van der Waals surface area contributed by atoms with Crippen molar-refractivity contribution in [1.29, 1.82) is 0 Å². The van der Waals surface area contributed by atoms with E-state index in [-0.39, 0.29) is 17.9 Å². The minimum atomic E-state index is -0.117. The average molecular weight is 279 g/mol. The molecule has 1 aromatic heterocycles. The second kappa shape index (κ2) is 6.65. The van der Waals surface area contributed by atoms with Gasteiger partial charge < -0.3 is 14.8 Å². The number of carbonyl (C=O) groups excluding carboxylic acids is 1. The van der Waals surface area contributed by atoms with Gasteiger partial charge in [0.15, 0.2) is 5.82 Å². The molecule has 0 aliphatic heterocycles. The third-order valence-corrected chi connectivity index (χ3v) is 3.49. The van der Waals surface area contributed by atoms with Gasteiger partial charge in [0.1, 0.15) is 12.4 Å². The third-order valence-electron chi connectivity index (χ3n) is 3.49. The van der Waals surface area contributed by atoms with Crippen LogP contribution in [0.4, 0.5) is 5.82 Å². The first-order valence-electron chi connectivity index (χ1n) is 6.80. The van der Waals surface area contributed by atoms with Gasteiger partial charge in [0.2, 0.25) is 0 Å². The van der Waals surface area contributed by atoms with Crippen LogP contribution in [0, 0.1) is 12.8 Å². The second-order valence-corrected chi connectivity index (χ2v) is 5.12. The van der Waals surface area contributed by atoms with Crippen molar-refractivity contribution in [3.8, 4) is 0 Å². The summed E-state index contributed by atoms with van der Waals surface area (Å²) >= 11 is 0. The topological polar surface area (TPSA) is 73.3 Å². The van der Waals surface area contributed by atoms with E-state index in [0.29, 0.717) is 12.4 Å². The number of nitrogens with one attached hydrogen (secondary N) is 1. The quantitative estimate of drug-likeness (QED) is 0.827. The lowest BCUT2D eigenvalue weighted by Gasteiger charge is -2.14. The molecule has 0 amide bonds. The van der Waals surface area contributed by atoms with Crippen LogP contribution >= 0.6 is 0 Å². The number of rotatable bonds is 5. The molecule has 1 aliphatic rings. The molecular formula is C14H21N3O3. The molecule has 2 atom stereocenters.